The molecule has 0 spiro atoms. The third kappa shape index (κ3) is 3.67. The number of phenolic OH excluding ortho intramolecular Hbond substituents is 2. The van der Waals surface area contributed by atoms with Gasteiger partial charge in [0.1, 0.15) is 11.5 Å². The predicted octanol–water partition coefficient (Wildman–Crippen LogP) is 4.60. The molecule has 4 heteroatoms. The average Bonchev–Trinajstić information content (AvgIpc) is 2.61. The summed E-state index contributed by atoms with van der Waals surface area (Å²) in [6, 6.07) is 21.4. The van der Waals surface area contributed by atoms with Crippen LogP contribution in [0.4, 0.5) is 11.4 Å². The van der Waals surface area contributed by atoms with Crippen molar-refractivity contribution >= 4 is 23.8 Å². The molecule has 24 heavy (non-hydrogen) atoms. The van der Waals surface area contributed by atoms with Gasteiger partial charge >= 0.3 is 0 Å². The molecular formula is C20H16N2O2. The standard InChI is InChI=1S/C20H16N2O2/c23-19-11-5-1-7-15(19)13-21-17-9-3-4-10-18(17)22-14-16-8-2-6-12-20(16)24/h1-14,23-24H/b21-13+,22-14+. The molecule has 0 aliphatic carbocycles. The summed E-state index contributed by atoms with van der Waals surface area (Å²) < 4.78 is 0. The lowest BCUT2D eigenvalue weighted by atomic mass is 10.2. The highest BCUT2D eigenvalue weighted by Gasteiger charge is 2.00. The van der Waals surface area contributed by atoms with Crippen LogP contribution in [0.15, 0.2) is 82.8 Å². The van der Waals surface area contributed by atoms with E-state index in [9.17, 15) is 10.2 Å². The number of nitrogens with zero attached hydrogens (tertiary/aromatic N) is 2. The predicted molar refractivity (Wildman–Crippen MR) is 97.2 cm³/mol. The molecule has 0 aliphatic rings. The van der Waals surface area contributed by atoms with Gasteiger partial charge in [-0.05, 0) is 36.4 Å². The van der Waals surface area contributed by atoms with Gasteiger partial charge in [-0.25, -0.2) is 0 Å². The van der Waals surface area contributed by atoms with Crippen LogP contribution in [0.5, 0.6) is 11.5 Å². The summed E-state index contributed by atoms with van der Waals surface area (Å²) in [7, 11) is 0. The lowest BCUT2D eigenvalue weighted by molar-refractivity contribution is 0.474. The highest BCUT2D eigenvalue weighted by molar-refractivity contribution is 5.89. The van der Waals surface area contributed by atoms with Gasteiger partial charge in [-0.3, -0.25) is 9.98 Å². The van der Waals surface area contributed by atoms with Gasteiger partial charge < -0.3 is 10.2 Å². The van der Waals surface area contributed by atoms with Gasteiger partial charge in [-0.15, -0.1) is 0 Å². The molecule has 0 heterocycles. The number of hydrogen-bond acceptors (Lipinski definition) is 4. The zero-order valence-corrected chi connectivity index (χ0v) is 12.9. The summed E-state index contributed by atoms with van der Waals surface area (Å²) in [5.41, 5.74) is 2.62. The second-order valence-corrected chi connectivity index (χ2v) is 5.12. The maximum Gasteiger partial charge on any atom is 0.124 e. The van der Waals surface area contributed by atoms with E-state index in [0.29, 0.717) is 22.5 Å². The van der Waals surface area contributed by atoms with Crippen LogP contribution in [-0.4, -0.2) is 22.6 Å². The largest absolute Gasteiger partial charge is 0.507 e. The van der Waals surface area contributed by atoms with Gasteiger partial charge in [0.25, 0.3) is 0 Å². The number of aromatic hydroxyl groups is 2. The number of para-hydroxylation sites is 4. The van der Waals surface area contributed by atoms with Gasteiger partial charge in [-0.1, -0.05) is 36.4 Å². The first kappa shape index (κ1) is 15.5. The molecule has 0 fully saturated rings. The van der Waals surface area contributed by atoms with Crippen molar-refractivity contribution in [3.63, 3.8) is 0 Å². The third-order valence-corrected chi connectivity index (χ3v) is 3.44. The molecule has 118 valence electrons. The first-order chi connectivity index (χ1) is 11.7. The van der Waals surface area contributed by atoms with E-state index >= 15 is 0 Å². The lowest BCUT2D eigenvalue weighted by Gasteiger charge is -2.01. The molecule has 0 saturated carbocycles. The van der Waals surface area contributed by atoms with Crippen LogP contribution < -0.4 is 0 Å². The molecule has 0 unspecified atom stereocenters. The van der Waals surface area contributed by atoms with E-state index in [4.69, 9.17) is 0 Å². The molecule has 3 aromatic carbocycles. The van der Waals surface area contributed by atoms with Gasteiger partial charge in [0, 0.05) is 23.6 Å². The summed E-state index contributed by atoms with van der Waals surface area (Å²) in [5, 5.41) is 19.6. The Hall–Kier alpha value is -3.40. The maximum atomic E-state index is 9.79. The van der Waals surface area contributed by atoms with Crippen molar-refractivity contribution in [3.8, 4) is 11.5 Å². The minimum absolute atomic E-state index is 0.177. The monoisotopic (exact) mass is 316 g/mol. The topological polar surface area (TPSA) is 65.2 Å². The van der Waals surface area contributed by atoms with Crippen LogP contribution in [0, 0.1) is 0 Å². The van der Waals surface area contributed by atoms with Gasteiger partial charge in [0.15, 0.2) is 0 Å². The minimum atomic E-state index is 0.177. The van der Waals surface area contributed by atoms with E-state index in [1.807, 2.05) is 36.4 Å². The molecule has 2 N–H and O–H groups in total. The number of hydrogen-bond donors (Lipinski definition) is 2. The SMILES string of the molecule is Oc1ccccc1/C=N/c1ccccc1/N=C/c1ccccc1O. The summed E-state index contributed by atoms with van der Waals surface area (Å²) in [6.07, 6.45) is 3.20. The Labute approximate surface area is 140 Å². The summed E-state index contributed by atoms with van der Waals surface area (Å²) in [5.74, 6) is 0.355. The highest BCUT2D eigenvalue weighted by atomic mass is 16.3. The quantitative estimate of drug-likeness (QED) is 0.691. The van der Waals surface area contributed by atoms with E-state index in [0.717, 1.165) is 0 Å². The number of rotatable bonds is 4. The first-order valence-electron chi connectivity index (χ1n) is 7.47. The van der Waals surface area contributed by atoms with Gasteiger partial charge in [0.05, 0.1) is 11.4 Å². The van der Waals surface area contributed by atoms with Crippen LogP contribution in [0.2, 0.25) is 0 Å². The van der Waals surface area contributed by atoms with E-state index in [1.165, 1.54) is 0 Å². The second-order valence-electron chi connectivity index (χ2n) is 5.12. The van der Waals surface area contributed by atoms with E-state index in [1.54, 1.807) is 48.8 Å². The molecule has 0 atom stereocenters. The van der Waals surface area contributed by atoms with E-state index in [2.05, 4.69) is 9.98 Å². The number of phenols is 2. The van der Waals surface area contributed by atoms with Crippen molar-refractivity contribution in [1.82, 2.24) is 0 Å². The molecule has 0 saturated heterocycles. The Morgan fingerprint density at radius 3 is 1.33 bits per heavy atom. The van der Waals surface area contributed by atoms with Gasteiger partial charge in [-0.2, -0.15) is 0 Å². The molecule has 0 aliphatic heterocycles. The average molecular weight is 316 g/mol. The summed E-state index contributed by atoms with van der Waals surface area (Å²) in [6.45, 7) is 0. The second kappa shape index (κ2) is 7.24. The fourth-order valence-corrected chi connectivity index (χ4v) is 2.15. The maximum absolute atomic E-state index is 9.79. The molecule has 0 amide bonds. The summed E-state index contributed by atoms with van der Waals surface area (Å²) in [4.78, 5) is 8.82. The van der Waals surface area contributed by atoms with Crippen molar-refractivity contribution < 1.29 is 10.2 Å². The van der Waals surface area contributed by atoms with Crippen LogP contribution >= 0.6 is 0 Å². The van der Waals surface area contributed by atoms with E-state index in [-0.39, 0.29) is 11.5 Å². The fourth-order valence-electron chi connectivity index (χ4n) is 2.15. The van der Waals surface area contributed by atoms with Gasteiger partial charge in [0.2, 0.25) is 0 Å². The minimum Gasteiger partial charge on any atom is -0.507 e. The van der Waals surface area contributed by atoms with Crippen LogP contribution in [-0.2, 0) is 0 Å². The Balaban J connectivity index is 1.89. The van der Waals surface area contributed by atoms with Crippen molar-refractivity contribution in [3.05, 3.63) is 83.9 Å². The Morgan fingerprint density at radius 2 is 0.917 bits per heavy atom. The van der Waals surface area contributed by atoms with Crippen LogP contribution in [0.3, 0.4) is 0 Å². The fraction of sp³-hybridized carbons (Fsp3) is 0. The Morgan fingerprint density at radius 1 is 0.542 bits per heavy atom. The van der Waals surface area contributed by atoms with Crippen molar-refractivity contribution in [2.45, 2.75) is 0 Å². The molecular weight excluding hydrogens is 300 g/mol. The normalized spacial score (nSPS) is 11.3. The van der Waals surface area contributed by atoms with E-state index < -0.39 is 0 Å². The molecule has 3 aromatic rings. The molecule has 0 bridgehead atoms. The van der Waals surface area contributed by atoms with Crippen molar-refractivity contribution in [2.24, 2.45) is 9.98 Å². The number of benzene rings is 3. The summed E-state index contributed by atoms with van der Waals surface area (Å²) >= 11 is 0. The van der Waals surface area contributed by atoms with Crippen LogP contribution in [0.1, 0.15) is 11.1 Å². The van der Waals surface area contributed by atoms with Crippen molar-refractivity contribution in [1.29, 1.82) is 0 Å². The lowest BCUT2D eigenvalue weighted by Crippen LogP contribution is -1.82. The Kier molecular flexibility index (Phi) is 4.68. The zero-order valence-electron chi connectivity index (χ0n) is 12.9. The smallest absolute Gasteiger partial charge is 0.124 e. The molecule has 0 radical (unpaired) electrons. The third-order valence-electron chi connectivity index (χ3n) is 3.44. The Bertz CT molecular complexity index is 827. The van der Waals surface area contributed by atoms with Crippen molar-refractivity contribution in [2.75, 3.05) is 0 Å². The molecule has 3 rings (SSSR count). The highest BCUT2D eigenvalue weighted by Crippen LogP contribution is 2.28. The first-order valence-corrected chi connectivity index (χ1v) is 7.47. The molecule has 4 nitrogen and oxygen atoms in total. The number of aliphatic imine (C=N–C) groups is 2. The zero-order chi connectivity index (χ0) is 16.8. The molecule has 0 aromatic heterocycles. The van der Waals surface area contributed by atoms with Crippen LogP contribution in [0.25, 0.3) is 0 Å².